The Morgan fingerprint density at radius 1 is 1.03 bits per heavy atom. The Hall–Kier alpha value is -3.89. The van der Waals surface area contributed by atoms with E-state index in [1.54, 1.807) is 18.3 Å². The van der Waals surface area contributed by atoms with Crippen LogP contribution in [0.15, 0.2) is 85.2 Å². The Morgan fingerprint density at radius 3 is 2.46 bits per heavy atom. The third kappa shape index (κ3) is 5.03. The number of methoxy groups -OCH3 is 1. The van der Waals surface area contributed by atoms with Crippen molar-refractivity contribution in [1.82, 2.24) is 14.9 Å². The van der Waals surface area contributed by atoms with Crippen LogP contribution in [0.2, 0.25) is 0 Å². The fraction of sp³-hybridized carbons (Fsp3) is 0.185. The van der Waals surface area contributed by atoms with Gasteiger partial charge in [0.15, 0.2) is 5.11 Å². The van der Waals surface area contributed by atoms with Crippen molar-refractivity contribution in [1.29, 1.82) is 0 Å². The molecule has 5 rings (SSSR count). The summed E-state index contributed by atoms with van der Waals surface area (Å²) >= 11 is 5.85. The van der Waals surface area contributed by atoms with Crippen LogP contribution in [0.1, 0.15) is 29.0 Å². The van der Waals surface area contributed by atoms with Gasteiger partial charge in [0.05, 0.1) is 30.8 Å². The summed E-state index contributed by atoms with van der Waals surface area (Å²) in [5.74, 6) is 0.410. The van der Waals surface area contributed by atoms with Crippen LogP contribution in [0.3, 0.4) is 0 Å². The van der Waals surface area contributed by atoms with E-state index < -0.39 is 10.0 Å². The molecule has 10 heteroatoms. The highest BCUT2D eigenvalue weighted by Crippen LogP contribution is 2.43. The van der Waals surface area contributed by atoms with Gasteiger partial charge in [-0.05, 0) is 73.7 Å². The summed E-state index contributed by atoms with van der Waals surface area (Å²) in [6.45, 7) is 2.06. The fourth-order valence-electron chi connectivity index (χ4n) is 4.63. The van der Waals surface area contributed by atoms with Crippen molar-refractivity contribution in [3.63, 3.8) is 0 Å². The lowest BCUT2D eigenvalue weighted by Gasteiger charge is -2.29. The molecule has 0 aliphatic carbocycles. The summed E-state index contributed by atoms with van der Waals surface area (Å²) < 4.78 is 34.2. The van der Waals surface area contributed by atoms with Gasteiger partial charge in [-0.3, -0.25) is 9.71 Å². The molecule has 2 N–H and O–H groups in total. The molecular weight excluding hydrogens is 506 g/mol. The smallest absolute Gasteiger partial charge is 0.229 e. The third-order valence-corrected chi connectivity index (χ3v) is 7.16. The molecule has 0 saturated carbocycles. The zero-order valence-electron chi connectivity index (χ0n) is 20.6. The number of benzene rings is 2. The summed E-state index contributed by atoms with van der Waals surface area (Å²) in [5.41, 5.74) is 5.09. The molecule has 1 aliphatic heterocycles. The summed E-state index contributed by atoms with van der Waals surface area (Å²) in [6.07, 6.45) is 4.90. The molecule has 190 valence electrons. The van der Waals surface area contributed by atoms with Crippen LogP contribution in [0.5, 0.6) is 5.75 Å². The number of aryl methyl sites for hydroxylation is 1. The Bertz CT molecular complexity index is 1540. The Balaban J connectivity index is 1.66. The first-order chi connectivity index (χ1) is 17.7. The number of anilines is 2. The van der Waals surface area contributed by atoms with Crippen LogP contribution in [-0.2, 0) is 10.0 Å². The van der Waals surface area contributed by atoms with Gasteiger partial charge in [0.2, 0.25) is 10.0 Å². The average molecular weight is 534 g/mol. The first-order valence-electron chi connectivity index (χ1n) is 11.7. The van der Waals surface area contributed by atoms with E-state index in [2.05, 4.69) is 56.8 Å². The van der Waals surface area contributed by atoms with Crippen LogP contribution in [0, 0.1) is 6.92 Å². The molecule has 37 heavy (non-hydrogen) atoms. The normalized spacial score (nSPS) is 17.5. The number of ether oxygens (including phenoxy) is 1. The molecule has 8 nitrogen and oxygen atoms in total. The van der Waals surface area contributed by atoms with E-state index in [-0.39, 0.29) is 12.1 Å². The van der Waals surface area contributed by atoms with E-state index in [4.69, 9.17) is 17.0 Å². The lowest BCUT2D eigenvalue weighted by Crippen LogP contribution is -2.30. The summed E-state index contributed by atoms with van der Waals surface area (Å²) in [5, 5.41) is 3.96. The average Bonchev–Trinajstić information content (AvgIpc) is 3.48. The predicted molar refractivity (Wildman–Crippen MR) is 150 cm³/mol. The van der Waals surface area contributed by atoms with Crippen LogP contribution in [0.4, 0.5) is 11.4 Å². The molecule has 0 radical (unpaired) electrons. The number of sulfonamides is 1. The number of thiocarbonyl (C=S) groups is 1. The second-order valence-corrected chi connectivity index (χ2v) is 11.0. The second-order valence-electron chi connectivity index (χ2n) is 8.89. The van der Waals surface area contributed by atoms with E-state index in [9.17, 15) is 8.42 Å². The molecule has 4 aromatic rings. The van der Waals surface area contributed by atoms with Gasteiger partial charge < -0.3 is 19.5 Å². The summed E-state index contributed by atoms with van der Waals surface area (Å²) in [6, 6.07) is 23.0. The topological polar surface area (TPSA) is 88.5 Å². The first-order valence-corrected chi connectivity index (χ1v) is 14.0. The predicted octanol–water partition coefficient (Wildman–Crippen LogP) is 4.74. The first kappa shape index (κ1) is 24.8. The van der Waals surface area contributed by atoms with Crippen molar-refractivity contribution >= 4 is 38.7 Å². The molecule has 0 bridgehead atoms. The number of hydrogen-bond acceptors (Lipinski definition) is 5. The second kappa shape index (κ2) is 9.87. The van der Waals surface area contributed by atoms with Gasteiger partial charge in [0.25, 0.3) is 0 Å². The lowest BCUT2D eigenvalue weighted by atomic mass is 10.0. The van der Waals surface area contributed by atoms with E-state index in [0.29, 0.717) is 22.2 Å². The standard InChI is InChI=1S/C27H27N5O3S2/c1-18-9-11-19(12-10-18)31-16-6-8-23(31)26-25(21-7-4-5-15-28-21)29-27(36)32(26)20-13-14-24(35-2)22(17-20)30-37(3,33)34/h4-17,25-26,30H,1-3H3,(H,29,36)/t25-,26+/m0/s1. The molecule has 0 amide bonds. The highest BCUT2D eigenvalue weighted by Gasteiger charge is 2.42. The molecule has 2 atom stereocenters. The van der Waals surface area contributed by atoms with Crippen LogP contribution in [-0.4, -0.2) is 36.4 Å². The molecule has 2 aromatic heterocycles. The zero-order chi connectivity index (χ0) is 26.2. The van der Waals surface area contributed by atoms with Gasteiger partial charge in [-0.2, -0.15) is 0 Å². The maximum Gasteiger partial charge on any atom is 0.229 e. The zero-order valence-corrected chi connectivity index (χ0v) is 22.3. The molecule has 0 spiro atoms. The fourth-order valence-corrected chi connectivity index (χ4v) is 5.54. The van der Waals surface area contributed by atoms with Crippen molar-refractivity contribution in [2.45, 2.75) is 19.0 Å². The van der Waals surface area contributed by atoms with Crippen molar-refractivity contribution in [3.05, 3.63) is 102 Å². The van der Waals surface area contributed by atoms with Crippen molar-refractivity contribution in [2.75, 3.05) is 23.0 Å². The van der Waals surface area contributed by atoms with E-state index in [1.165, 1.54) is 12.7 Å². The number of nitrogens with one attached hydrogen (secondary N) is 2. The number of pyridine rings is 1. The minimum absolute atomic E-state index is 0.249. The molecule has 1 saturated heterocycles. The van der Waals surface area contributed by atoms with E-state index in [0.717, 1.165) is 23.3 Å². The van der Waals surface area contributed by atoms with Crippen molar-refractivity contribution in [2.24, 2.45) is 0 Å². The number of nitrogens with zero attached hydrogens (tertiary/aromatic N) is 3. The maximum atomic E-state index is 12.0. The number of hydrogen-bond donors (Lipinski definition) is 2. The minimum Gasteiger partial charge on any atom is -0.495 e. The lowest BCUT2D eigenvalue weighted by molar-refractivity contribution is 0.417. The molecule has 0 unspecified atom stereocenters. The van der Waals surface area contributed by atoms with Gasteiger partial charge in [-0.1, -0.05) is 23.8 Å². The van der Waals surface area contributed by atoms with Crippen molar-refractivity contribution < 1.29 is 13.2 Å². The van der Waals surface area contributed by atoms with Gasteiger partial charge in [-0.25, -0.2) is 8.42 Å². The van der Waals surface area contributed by atoms with Crippen molar-refractivity contribution in [3.8, 4) is 11.4 Å². The molecule has 3 heterocycles. The third-order valence-electron chi connectivity index (χ3n) is 6.25. The van der Waals surface area contributed by atoms with Crippen LogP contribution >= 0.6 is 12.2 Å². The van der Waals surface area contributed by atoms with Gasteiger partial charge >= 0.3 is 0 Å². The number of rotatable bonds is 7. The van der Waals surface area contributed by atoms with Crippen LogP contribution in [0.25, 0.3) is 5.69 Å². The Labute approximate surface area is 222 Å². The molecular formula is C27H27N5O3S2. The molecule has 1 fully saturated rings. The maximum absolute atomic E-state index is 12.0. The quantitative estimate of drug-likeness (QED) is 0.332. The Morgan fingerprint density at radius 2 is 1.78 bits per heavy atom. The summed E-state index contributed by atoms with van der Waals surface area (Å²) in [4.78, 5) is 6.62. The molecule has 1 aliphatic rings. The summed E-state index contributed by atoms with van der Waals surface area (Å²) in [7, 11) is -2.03. The highest BCUT2D eigenvalue weighted by molar-refractivity contribution is 7.92. The highest BCUT2D eigenvalue weighted by atomic mass is 32.2. The number of aromatic nitrogens is 2. The SMILES string of the molecule is COc1ccc(N2C(=S)N[C@@H](c3ccccn3)[C@H]2c2cccn2-c2ccc(C)cc2)cc1NS(C)(=O)=O. The van der Waals surface area contributed by atoms with E-state index >= 15 is 0 Å². The Kier molecular flexibility index (Phi) is 6.61. The van der Waals surface area contributed by atoms with Gasteiger partial charge in [0.1, 0.15) is 11.8 Å². The van der Waals surface area contributed by atoms with Crippen LogP contribution < -0.4 is 19.7 Å². The molecule has 2 aromatic carbocycles. The van der Waals surface area contributed by atoms with Gasteiger partial charge in [-0.15, -0.1) is 0 Å². The van der Waals surface area contributed by atoms with Gasteiger partial charge in [0, 0.05) is 29.5 Å². The largest absolute Gasteiger partial charge is 0.495 e. The monoisotopic (exact) mass is 533 g/mol. The van der Waals surface area contributed by atoms with E-state index in [1.807, 2.05) is 41.4 Å². The minimum atomic E-state index is -3.53.